The predicted octanol–water partition coefficient (Wildman–Crippen LogP) is 8.56. The Morgan fingerprint density at radius 1 is 0.454 bits per heavy atom. The van der Waals surface area contributed by atoms with Gasteiger partial charge in [0.05, 0.1) is 124 Å². The zero-order chi connectivity index (χ0) is 69.9. The van der Waals surface area contributed by atoms with Crippen molar-refractivity contribution in [2.45, 2.75) is 145 Å². The molecule has 0 aliphatic carbocycles. The number of benzene rings is 4. The molecule has 0 bridgehead atoms. The second-order valence-electron chi connectivity index (χ2n) is 26.4. The van der Waals surface area contributed by atoms with Crippen LogP contribution in [0.2, 0.25) is 0 Å². The molecule has 4 aromatic carbocycles. The molecule has 4 unspecified atom stereocenters. The molecule has 9 rings (SSSR count). The van der Waals surface area contributed by atoms with E-state index in [9.17, 15) is 24.0 Å². The number of H-pyrrole nitrogens is 1. The fourth-order valence-electron chi connectivity index (χ4n) is 11.6. The molecule has 1 N–H and O–H groups in total. The molecule has 97 heavy (non-hydrogen) atoms. The summed E-state index contributed by atoms with van der Waals surface area (Å²) in [6.07, 6.45) is 10.9. The number of aromatic amines is 1. The van der Waals surface area contributed by atoms with E-state index in [-0.39, 0.29) is 74.3 Å². The summed E-state index contributed by atoms with van der Waals surface area (Å²) >= 11 is 0. The minimum atomic E-state index is -0.805. The van der Waals surface area contributed by atoms with E-state index in [1.54, 1.807) is 21.9 Å². The molecule has 514 valence electrons. The number of hydrogen-bond acceptors (Lipinski definition) is 21. The van der Waals surface area contributed by atoms with Crippen molar-refractivity contribution in [1.82, 2.24) is 74.8 Å². The standard InChI is InChI=1S/C48H60N10O6.C22H28N6O5/c1-46(2,43(59)62-7)25-39(34-19-13-10-14-20-34)40-28-49-58(52-40)33-55(29-37-31-56(53-50-37)41(35-21-15-11-16-22-35)26-47(3,4)44(60)63-8)30-38-32-57(54-51-38)42(36-23-17-12-18-24-36)27-48(5,6)45(61)64-9;1-22(2,21(30)32-4)10-18(16-8-6-5-7-9-16)19-12-28(26-24-19)15-33-14-17-11-27(25-23-17)13-20(29)31-3/h10-24,28,31-32,39,41-42H,25-27,29-30,33H2,1-9H3;5-9,11-12,18H,10,13-15H2,1-4H3/p+1. The first-order chi connectivity index (χ1) is 46.3. The van der Waals surface area contributed by atoms with Crippen molar-refractivity contribution in [2.75, 3.05) is 35.5 Å². The first-order valence-corrected chi connectivity index (χ1v) is 31.8. The summed E-state index contributed by atoms with van der Waals surface area (Å²) in [7, 11) is 6.92. The Labute approximate surface area is 564 Å². The quantitative estimate of drug-likeness (QED) is 0.0281. The fourth-order valence-corrected chi connectivity index (χ4v) is 11.6. The minimum absolute atomic E-state index is 0.0151. The van der Waals surface area contributed by atoms with E-state index in [1.807, 2.05) is 205 Å². The first-order valence-electron chi connectivity index (χ1n) is 31.8. The third-order valence-electron chi connectivity index (χ3n) is 16.9. The predicted molar refractivity (Wildman–Crippen MR) is 352 cm³/mol. The zero-order valence-electron chi connectivity index (χ0n) is 57.5. The molecular formula is C70H89N16O11+. The van der Waals surface area contributed by atoms with Gasteiger partial charge in [-0.3, -0.25) is 28.9 Å². The molecule has 5 aromatic heterocycles. The van der Waals surface area contributed by atoms with Crippen molar-refractivity contribution in [3.63, 3.8) is 0 Å². The molecule has 0 radical (unpaired) electrons. The number of nitrogens with one attached hydrogen (secondary N) is 1. The Morgan fingerprint density at radius 3 is 1.29 bits per heavy atom. The van der Waals surface area contributed by atoms with E-state index in [4.69, 9.17) is 28.8 Å². The van der Waals surface area contributed by atoms with Gasteiger partial charge in [0, 0.05) is 24.1 Å². The van der Waals surface area contributed by atoms with Gasteiger partial charge in [-0.1, -0.05) is 142 Å². The Morgan fingerprint density at radius 2 is 0.856 bits per heavy atom. The van der Waals surface area contributed by atoms with Gasteiger partial charge >= 0.3 is 29.8 Å². The molecule has 0 saturated carbocycles. The van der Waals surface area contributed by atoms with Crippen LogP contribution in [0.5, 0.6) is 0 Å². The average Bonchev–Trinajstić information content (AvgIpc) is 1.81. The van der Waals surface area contributed by atoms with Crippen molar-refractivity contribution in [1.29, 1.82) is 0 Å². The summed E-state index contributed by atoms with van der Waals surface area (Å²) in [4.78, 5) is 66.0. The molecule has 5 heterocycles. The topological polar surface area (TPSA) is 299 Å². The second-order valence-corrected chi connectivity index (χ2v) is 26.4. The minimum Gasteiger partial charge on any atom is -0.469 e. The highest BCUT2D eigenvalue weighted by Gasteiger charge is 2.39. The number of rotatable bonds is 32. The highest BCUT2D eigenvalue weighted by atomic mass is 16.5. The van der Waals surface area contributed by atoms with Crippen molar-refractivity contribution < 1.29 is 57.5 Å². The number of nitrogens with zero attached hydrogens (tertiary/aromatic N) is 15. The van der Waals surface area contributed by atoms with Crippen LogP contribution in [0.1, 0.15) is 156 Å². The molecule has 0 aliphatic heterocycles. The van der Waals surface area contributed by atoms with Crippen LogP contribution in [0.4, 0.5) is 0 Å². The van der Waals surface area contributed by atoms with Gasteiger partial charge in [-0.25, -0.2) is 18.7 Å². The number of ether oxygens (including phenoxy) is 6. The van der Waals surface area contributed by atoms with Gasteiger partial charge in [0.15, 0.2) is 12.9 Å². The van der Waals surface area contributed by atoms with Crippen LogP contribution in [-0.2, 0) is 92.0 Å². The maximum atomic E-state index is 12.9. The molecule has 0 spiro atoms. The van der Waals surface area contributed by atoms with E-state index in [0.29, 0.717) is 55.9 Å². The van der Waals surface area contributed by atoms with Crippen LogP contribution in [0.15, 0.2) is 152 Å². The van der Waals surface area contributed by atoms with Crippen LogP contribution in [0, 0.1) is 21.7 Å². The summed E-state index contributed by atoms with van der Waals surface area (Å²) in [5.41, 5.74) is 4.34. The molecule has 0 aliphatic rings. The highest BCUT2D eigenvalue weighted by Crippen LogP contribution is 2.39. The Hall–Kier alpha value is -10.2. The summed E-state index contributed by atoms with van der Waals surface area (Å²) < 4.78 is 37.3. The van der Waals surface area contributed by atoms with E-state index < -0.39 is 27.6 Å². The molecule has 0 fully saturated rings. The van der Waals surface area contributed by atoms with Crippen LogP contribution in [0.25, 0.3) is 0 Å². The van der Waals surface area contributed by atoms with Crippen LogP contribution in [-0.4, -0.2) is 140 Å². The zero-order valence-corrected chi connectivity index (χ0v) is 57.5. The van der Waals surface area contributed by atoms with E-state index in [2.05, 4.69) is 56.0 Å². The lowest BCUT2D eigenvalue weighted by Crippen LogP contribution is -2.32. The van der Waals surface area contributed by atoms with Crippen LogP contribution >= 0.6 is 0 Å². The smallest absolute Gasteiger partial charge is 0.327 e. The van der Waals surface area contributed by atoms with Crippen LogP contribution < -0.4 is 5.10 Å². The van der Waals surface area contributed by atoms with Gasteiger partial charge in [0.2, 0.25) is 5.69 Å². The highest BCUT2D eigenvalue weighted by molar-refractivity contribution is 5.77. The molecule has 0 amide bonds. The lowest BCUT2D eigenvalue weighted by molar-refractivity contribution is -0.502. The number of esters is 5. The number of carbonyl (C=O) groups excluding carboxylic acids is 5. The van der Waals surface area contributed by atoms with Crippen molar-refractivity contribution >= 4 is 29.8 Å². The fraction of sp³-hybridized carbons (Fsp3) is 0.443. The molecule has 27 nitrogen and oxygen atoms in total. The van der Waals surface area contributed by atoms with Gasteiger partial charge in [-0.05, 0) is 108 Å². The number of carbonyl (C=O) groups is 5. The Kier molecular flexibility index (Phi) is 24.7. The normalized spacial score (nSPS) is 13.2. The third kappa shape index (κ3) is 19.7. The first kappa shape index (κ1) is 72.7. The summed E-state index contributed by atoms with van der Waals surface area (Å²) in [5, 5.41) is 43.2. The van der Waals surface area contributed by atoms with E-state index >= 15 is 0 Å². The monoisotopic (exact) mass is 1330 g/mol. The van der Waals surface area contributed by atoms with E-state index in [1.165, 1.54) is 40.2 Å². The Bertz CT molecular complexity index is 3710. The van der Waals surface area contributed by atoms with Crippen molar-refractivity contribution in [3.05, 3.63) is 203 Å². The van der Waals surface area contributed by atoms with E-state index in [0.717, 1.165) is 33.6 Å². The van der Waals surface area contributed by atoms with Crippen LogP contribution in [0.3, 0.4) is 0 Å². The van der Waals surface area contributed by atoms with Crippen molar-refractivity contribution in [3.8, 4) is 0 Å². The summed E-state index contributed by atoms with van der Waals surface area (Å²) in [5.74, 6) is -1.97. The van der Waals surface area contributed by atoms with Gasteiger partial charge in [-0.15, -0.1) is 20.4 Å². The van der Waals surface area contributed by atoms with Gasteiger partial charge in [-0.2, -0.15) is 5.10 Å². The third-order valence-corrected chi connectivity index (χ3v) is 16.9. The Balaban J connectivity index is 0.000000305. The van der Waals surface area contributed by atoms with Gasteiger partial charge in [0.25, 0.3) is 0 Å². The molecular weight excluding hydrogens is 1240 g/mol. The maximum Gasteiger partial charge on any atom is 0.327 e. The average molecular weight is 1330 g/mol. The number of aromatic nitrogens is 15. The van der Waals surface area contributed by atoms with Crippen molar-refractivity contribution in [2.24, 2.45) is 21.7 Å². The summed E-state index contributed by atoms with van der Waals surface area (Å²) in [6.45, 7) is 16.3. The lowest BCUT2D eigenvalue weighted by atomic mass is 9.78. The molecule has 27 heteroatoms. The second kappa shape index (κ2) is 33.0. The molecule has 9 aromatic rings. The largest absolute Gasteiger partial charge is 0.469 e. The number of hydrogen-bond donors (Lipinski definition) is 0. The number of methoxy groups -OCH3 is 5. The van der Waals surface area contributed by atoms with Gasteiger partial charge < -0.3 is 28.4 Å². The molecule has 0 saturated heterocycles. The maximum absolute atomic E-state index is 12.9. The SMILES string of the molecule is COC(=O)C(C)(C)CC(c1ccccc1)c1c[nH+]n(CN(Cc2cn(C(CC(C)(C)C(=O)OC)c3ccccc3)nn2)Cc2cn(C(CC(C)(C)C(=O)OC)c3ccccc3)nn2)n1.COC(=O)Cn1cc(COCn2cc(C(CC(C)(C)C(=O)OC)c3ccccc3)nn2)nn1. The lowest BCUT2D eigenvalue weighted by Gasteiger charge is -2.27. The van der Waals surface area contributed by atoms with Gasteiger partial charge in [0.1, 0.15) is 19.0 Å². The molecule has 4 atom stereocenters. The summed E-state index contributed by atoms with van der Waals surface area (Å²) in [6, 6.07) is 39.1.